The number of fused-ring (bicyclic) bond motifs is 1. The number of nitrogen functional groups attached to an aromatic ring is 1. The van der Waals surface area contributed by atoms with E-state index in [1.807, 2.05) is 56.4 Å². The van der Waals surface area contributed by atoms with Gasteiger partial charge in [0.2, 0.25) is 0 Å². The Morgan fingerprint density at radius 2 is 1.74 bits per heavy atom. The van der Waals surface area contributed by atoms with Gasteiger partial charge in [-0.2, -0.15) is 0 Å². The van der Waals surface area contributed by atoms with Crippen LogP contribution in [-0.2, 0) is 7.05 Å². The number of anilines is 1. The van der Waals surface area contributed by atoms with Crippen molar-refractivity contribution >= 4 is 16.5 Å². The molecular weight excluding hydrogens is 238 g/mol. The maximum atomic E-state index is 12.3. The molecule has 96 valence electrons. The quantitative estimate of drug-likeness (QED) is 0.723. The van der Waals surface area contributed by atoms with Crippen LogP contribution in [0, 0.1) is 6.92 Å². The fourth-order valence-electron chi connectivity index (χ4n) is 2.39. The van der Waals surface area contributed by atoms with Crippen LogP contribution in [0.5, 0.6) is 0 Å². The lowest BCUT2D eigenvalue weighted by molar-refractivity contribution is 0.633. The minimum Gasteiger partial charge on any atom is -0.393 e. The largest absolute Gasteiger partial charge is 0.393 e. The number of aromatic nitrogens is 2. The SMILES string of the molecule is Cc1c(N)c(=O)n(-c2cccc3ccccc23)n1C. The molecule has 0 unspecified atom stereocenters. The van der Waals surface area contributed by atoms with Crippen molar-refractivity contribution in [3.63, 3.8) is 0 Å². The van der Waals surface area contributed by atoms with Crippen LogP contribution in [0.3, 0.4) is 0 Å². The van der Waals surface area contributed by atoms with Crippen LogP contribution in [-0.4, -0.2) is 9.36 Å². The summed E-state index contributed by atoms with van der Waals surface area (Å²) in [5, 5.41) is 2.14. The van der Waals surface area contributed by atoms with Crippen LogP contribution >= 0.6 is 0 Å². The van der Waals surface area contributed by atoms with Crippen molar-refractivity contribution in [3.8, 4) is 5.69 Å². The minimum atomic E-state index is -0.170. The van der Waals surface area contributed by atoms with E-state index in [-0.39, 0.29) is 5.56 Å². The van der Waals surface area contributed by atoms with Gasteiger partial charge in [0.1, 0.15) is 5.69 Å². The normalized spacial score (nSPS) is 11.1. The minimum absolute atomic E-state index is 0.170. The van der Waals surface area contributed by atoms with Crippen LogP contribution in [0.25, 0.3) is 16.5 Å². The van der Waals surface area contributed by atoms with Gasteiger partial charge in [0.15, 0.2) is 0 Å². The summed E-state index contributed by atoms with van der Waals surface area (Å²) in [6, 6.07) is 13.9. The second-order valence-electron chi connectivity index (χ2n) is 4.64. The average Bonchev–Trinajstić information content (AvgIpc) is 2.63. The molecule has 1 aromatic heterocycles. The number of nitrogens with two attached hydrogens (primary N) is 1. The van der Waals surface area contributed by atoms with Gasteiger partial charge >= 0.3 is 0 Å². The number of benzene rings is 2. The molecule has 0 radical (unpaired) electrons. The van der Waals surface area contributed by atoms with Crippen LogP contribution in [0.2, 0.25) is 0 Å². The highest BCUT2D eigenvalue weighted by molar-refractivity contribution is 5.90. The summed E-state index contributed by atoms with van der Waals surface area (Å²) >= 11 is 0. The zero-order valence-electron chi connectivity index (χ0n) is 10.9. The summed E-state index contributed by atoms with van der Waals surface area (Å²) in [5.41, 5.74) is 7.59. The van der Waals surface area contributed by atoms with Crippen molar-refractivity contribution in [3.05, 3.63) is 58.5 Å². The summed E-state index contributed by atoms with van der Waals surface area (Å²) in [6.45, 7) is 1.85. The fraction of sp³-hybridized carbons (Fsp3) is 0.133. The summed E-state index contributed by atoms with van der Waals surface area (Å²) < 4.78 is 3.41. The molecule has 0 fully saturated rings. The second kappa shape index (κ2) is 4.02. The molecule has 0 saturated carbocycles. The third kappa shape index (κ3) is 1.57. The topological polar surface area (TPSA) is 53.0 Å². The lowest BCUT2D eigenvalue weighted by Gasteiger charge is -2.11. The first-order valence-corrected chi connectivity index (χ1v) is 6.13. The van der Waals surface area contributed by atoms with Crippen LogP contribution in [0.15, 0.2) is 47.3 Å². The Kier molecular flexibility index (Phi) is 2.45. The van der Waals surface area contributed by atoms with Gasteiger partial charge in [0, 0.05) is 12.4 Å². The Labute approximate surface area is 110 Å². The average molecular weight is 253 g/mol. The Morgan fingerprint density at radius 3 is 2.42 bits per heavy atom. The van der Waals surface area contributed by atoms with Crippen LogP contribution < -0.4 is 11.3 Å². The lowest BCUT2D eigenvalue weighted by Crippen LogP contribution is -2.20. The van der Waals surface area contributed by atoms with Gasteiger partial charge in [-0.3, -0.25) is 9.48 Å². The number of hydrogen-bond donors (Lipinski definition) is 1. The summed E-state index contributed by atoms with van der Waals surface area (Å²) in [7, 11) is 1.84. The standard InChI is InChI=1S/C15H15N3O/c1-10-14(16)15(19)18(17(10)2)13-9-5-7-11-6-3-4-8-12(11)13/h3-9H,16H2,1-2H3. The highest BCUT2D eigenvalue weighted by atomic mass is 16.1. The number of nitrogens with zero attached hydrogens (tertiary/aromatic N) is 2. The Balaban J connectivity index is 2.44. The van der Waals surface area contributed by atoms with E-state index < -0.39 is 0 Å². The first-order chi connectivity index (χ1) is 9.11. The Hall–Kier alpha value is -2.49. The molecule has 3 rings (SSSR count). The van der Waals surface area contributed by atoms with Gasteiger partial charge in [-0.05, 0) is 18.4 Å². The first-order valence-electron chi connectivity index (χ1n) is 6.13. The van der Waals surface area contributed by atoms with Crippen molar-refractivity contribution in [2.45, 2.75) is 6.92 Å². The Morgan fingerprint density at radius 1 is 1.05 bits per heavy atom. The van der Waals surface area contributed by atoms with Gasteiger partial charge in [-0.25, -0.2) is 4.68 Å². The number of rotatable bonds is 1. The highest BCUT2D eigenvalue weighted by Crippen LogP contribution is 2.22. The van der Waals surface area contributed by atoms with E-state index in [1.165, 1.54) is 0 Å². The predicted octanol–water partition coefficient (Wildman–Crippen LogP) is 2.22. The van der Waals surface area contributed by atoms with Crippen molar-refractivity contribution in [1.82, 2.24) is 9.36 Å². The fourth-order valence-corrected chi connectivity index (χ4v) is 2.39. The summed E-state index contributed by atoms with van der Waals surface area (Å²) in [6.07, 6.45) is 0. The molecule has 4 heteroatoms. The first kappa shape index (κ1) is 11.6. The van der Waals surface area contributed by atoms with Crippen molar-refractivity contribution in [2.75, 3.05) is 5.73 Å². The number of hydrogen-bond acceptors (Lipinski definition) is 2. The van der Waals surface area contributed by atoms with Crippen molar-refractivity contribution < 1.29 is 0 Å². The molecule has 0 saturated heterocycles. The molecule has 0 aliphatic heterocycles. The Bertz CT molecular complexity index is 822. The maximum Gasteiger partial charge on any atom is 0.294 e. The zero-order chi connectivity index (χ0) is 13.6. The van der Waals surface area contributed by atoms with Crippen molar-refractivity contribution in [2.24, 2.45) is 7.05 Å². The zero-order valence-corrected chi connectivity index (χ0v) is 10.9. The van der Waals surface area contributed by atoms with Gasteiger partial charge in [0.05, 0.1) is 11.4 Å². The third-order valence-electron chi connectivity index (χ3n) is 3.59. The molecule has 0 amide bonds. The maximum absolute atomic E-state index is 12.3. The predicted molar refractivity (Wildman–Crippen MR) is 77.7 cm³/mol. The van der Waals surface area contributed by atoms with E-state index in [9.17, 15) is 4.79 Å². The third-order valence-corrected chi connectivity index (χ3v) is 3.59. The summed E-state index contributed by atoms with van der Waals surface area (Å²) in [5.74, 6) is 0. The van der Waals surface area contributed by atoms with E-state index in [1.54, 1.807) is 9.36 Å². The molecule has 4 nitrogen and oxygen atoms in total. The molecule has 2 N–H and O–H groups in total. The second-order valence-corrected chi connectivity index (χ2v) is 4.64. The van der Waals surface area contributed by atoms with E-state index in [2.05, 4.69) is 0 Å². The van der Waals surface area contributed by atoms with E-state index in [0.717, 1.165) is 22.2 Å². The molecule has 0 atom stereocenters. The molecule has 2 aromatic carbocycles. The molecule has 0 aliphatic rings. The van der Waals surface area contributed by atoms with Gasteiger partial charge in [-0.1, -0.05) is 36.4 Å². The van der Waals surface area contributed by atoms with E-state index in [0.29, 0.717) is 5.69 Å². The van der Waals surface area contributed by atoms with Gasteiger partial charge < -0.3 is 5.73 Å². The molecular formula is C15H15N3O. The molecule has 3 aromatic rings. The van der Waals surface area contributed by atoms with Crippen LogP contribution in [0.4, 0.5) is 5.69 Å². The molecule has 0 aliphatic carbocycles. The molecule has 0 spiro atoms. The highest BCUT2D eigenvalue weighted by Gasteiger charge is 2.14. The smallest absolute Gasteiger partial charge is 0.294 e. The van der Waals surface area contributed by atoms with Gasteiger partial charge in [0.25, 0.3) is 5.56 Å². The monoisotopic (exact) mass is 253 g/mol. The van der Waals surface area contributed by atoms with Crippen LogP contribution in [0.1, 0.15) is 5.69 Å². The van der Waals surface area contributed by atoms with E-state index in [4.69, 9.17) is 5.73 Å². The van der Waals surface area contributed by atoms with Crippen molar-refractivity contribution in [1.29, 1.82) is 0 Å². The molecule has 0 bridgehead atoms. The van der Waals surface area contributed by atoms with Gasteiger partial charge in [-0.15, -0.1) is 0 Å². The molecule has 1 heterocycles. The lowest BCUT2D eigenvalue weighted by atomic mass is 10.1. The summed E-state index contributed by atoms with van der Waals surface area (Å²) in [4.78, 5) is 12.3. The molecule has 19 heavy (non-hydrogen) atoms. The van der Waals surface area contributed by atoms with E-state index >= 15 is 0 Å².